The molecule has 0 bridgehead atoms. The van der Waals surface area contributed by atoms with Crippen LogP contribution in [0.1, 0.15) is 35.7 Å². The lowest BCUT2D eigenvalue weighted by Crippen LogP contribution is -2.00. The Balaban J connectivity index is 2.16. The molecule has 1 fully saturated rings. The number of anilines is 1. The molecule has 2 aromatic rings. The largest absolute Gasteiger partial charge is 0.383 e. The molecular formula is C15H19N3. The van der Waals surface area contributed by atoms with Gasteiger partial charge in [0.25, 0.3) is 0 Å². The van der Waals surface area contributed by atoms with Gasteiger partial charge < -0.3 is 10.3 Å². The van der Waals surface area contributed by atoms with Gasteiger partial charge in [-0.1, -0.05) is 17.7 Å². The van der Waals surface area contributed by atoms with Gasteiger partial charge in [-0.25, -0.2) is 4.98 Å². The Hall–Kier alpha value is -1.77. The minimum Gasteiger partial charge on any atom is -0.383 e. The second-order valence-electron chi connectivity index (χ2n) is 5.36. The monoisotopic (exact) mass is 241 g/mol. The highest BCUT2D eigenvalue weighted by atomic mass is 15.1. The molecule has 0 aliphatic heterocycles. The van der Waals surface area contributed by atoms with Gasteiger partial charge in [0.2, 0.25) is 0 Å². The number of nitrogens with two attached hydrogens (primary N) is 1. The maximum absolute atomic E-state index is 6.22. The van der Waals surface area contributed by atoms with E-state index in [9.17, 15) is 0 Å². The highest BCUT2D eigenvalue weighted by molar-refractivity contribution is 5.74. The Bertz CT molecular complexity index is 606. The number of nitrogen functional groups attached to an aromatic ring is 1. The Morgan fingerprint density at radius 3 is 2.67 bits per heavy atom. The summed E-state index contributed by atoms with van der Waals surface area (Å²) in [6.07, 6.45) is 2.49. The molecule has 0 amide bonds. The van der Waals surface area contributed by atoms with E-state index in [1.54, 1.807) is 0 Å². The molecule has 3 heteroatoms. The van der Waals surface area contributed by atoms with Crippen molar-refractivity contribution in [3.05, 3.63) is 35.2 Å². The molecular weight excluding hydrogens is 222 g/mol. The predicted octanol–water partition coefficient (Wildman–Crippen LogP) is 3.16. The van der Waals surface area contributed by atoms with Crippen LogP contribution in [0.4, 0.5) is 5.82 Å². The zero-order valence-corrected chi connectivity index (χ0v) is 11.2. The average Bonchev–Trinajstić information content (AvgIpc) is 3.13. The summed E-state index contributed by atoms with van der Waals surface area (Å²) in [6, 6.07) is 6.43. The zero-order chi connectivity index (χ0) is 12.9. The average molecular weight is 241 g/mol. The standard InChI is InChI=1S/C15H19N3/c1-9-4-5-10(2)12(8-9)13-14(16)18(3)15(17-13)11-6-7-11/h4-5,8,11H,6-7,16H2,1-3H3. The number of aromatic nitrogens is 2. The number of nitrogens with zero attached hydrogens (tertiary/aromatic N) is 2. The van der Waals surface area contributed by atoms with Crippen molar-refractivity contribution in [2.75, 3.05) is 5.73 Å². The Kier molecular flexibility index (Phi) is 2.44. The van der Waals surface area contributed by atoms with Crippen molar-refractivity contribution in [2.24, 2.45) is 7.05 Å². The third-order valence-corrected chi connectivity index (χ3v) is 3.76. The van der Waals surface area contributed by atoms with Crippen molar-refractivity contribution in [1.29, 1.82) is 0 Å². The van der Waals surface area contributed by atoms with E-state index in [1.807, 2.05) is 7.05 Å². The molecule has 0 unspecified atom stereocenters. The molecule has 3 nitrogen and oxygen atoms in total. The van der Waals surface area contributed by atoms with Gasteiger partial charge in [-0.2, -0.15) is 0 Å². The van der Waals surface area contributed by atoms with Gasteiger partial charge in [0, 0.05) is 18.5 Å². The maximum Gasteiger partial charge on any atom is 0.131 e. The van der Waals surface area contributed by atoms with E-state index in [1.165, 1.54) is 24.0 Å². The molecule has 2 N–H and O–H groups in total. The van der Waals surface area contributed by atoms with Crippen molar-refractivity contribution in [3.8, 4) is 11.3 Å². The molecule has 3 rings (SSSR count). The molecule has 0 spiro atoms. The molecule has 1 aliphatic rings. The molecule has 1 heterocycles. The number of imidazole rings is 1. The smallest absolute Gasteiger partial charge is 0.131 e. The molecule has 1 aliphatic carbocycles. The zero-order valence-electron chi connectivity index (χ0n) is 11.2. The van der Waals surface area contributed by atoms with Crippen molar-refractivity contribution in [3.63, 3.8) is 0 Å². The van der Waals surface area contributed by atoms with Crippen LogP contribution in [0.2, 0.25) is 0 Å². The van der Waals surface area contributed by atoms with Crippen LogP contribution in [0.5, 0.6) is 0 Å². The fourth-order valence-electron chi connectivity index (χ4n) is 2.42. The third-order valence-electron chi connectivity index (χ3n) is 3.76. The summed E-state index contributed by atoms with van der Waals surface area (Å²) < 4.78 is 2.05. The number of aryl methyl sites for hydroxylation is 2. The second kappa shape index (κ2) is 3.87. The predicted molar refractivity (Wildman–Crippen MR) is 74.5 cm³/mol. The second-order valence-corrected chi connectivity index (χ2v) is 5.36. The van der Waals surface area contributed by atoms with E-state index in [0.717, 1.165) is 22.9 Å². The highest BCUT2D eigenvalue weighted by Crippen LogP contribution is 2.42. The van der Waals surface area contributed by atoms with E-state index in [0.29, 0.717) is 5.92 Å². The maximum atomic E-state index is 6.22. The first-order valence-electron chi connectivity index (χ1n) is 6.47. The van der Waals surface area contributed by atoms with Crippen molar-refractivity contribution in [2.45, 2.75) is 32.6 Å². The fourth-order valence-corrected chi connectivity index (χ4v) is 2.42. The minimum absolute atomic E-state index is 0.621. The normalized spacial score (nSPS) is 15.1. The lowest BCUT2D eigenvalue weighted by Gasteiger charge is -2.05. The Morgan fingerprint density at radius 1 is 1.28 bits per heavy atom. The Labute approximate surface area is 108 Å². The molecule has 1 aromatic heterocycles. The van der Waals surface area contributed by atoms with Crippen LogP contribution in [0.3, 0.4) is 0 Å². The third kappa shape index (κ3) is 1.70. The summed E-state index contributed by atoms with van der Waals surface area (Å²) >= 11 is 0. The summed E-state index contributed by atoms with van der Waals surface area (Å²) in [6.45, 7) is 4.21. The summed E-state index contributed by atoms with van der Waals surface area (Å²) in [4.78, 5) is 4.78. The summed E-state index contributed by atoms with van der Waals surface area (Å²) in [5.41, 5.74) is 10.8. The first-order chi connectivity index (χ1) is 8.58. The summed E-state index contributed by atoms with van der Waals surface area (Å²) in [5.74, 6) is 2.55. The van der Waals surface area contributed by atoms with Gasteiger partial charge in [0.15, 0.2) is 0 Å². The highest BCUT2D eigenvalue weighted by Gasteiger charge is 2.30. The van der Waals surface area contributed by atoms with E-state index in [4.69, 9.17) is 10.7 Å². The van der Waals surface area contributed by atoms with Crippen molar-refractivity contribution < 1.29 is 0 Å². The minimum atomic E-state index is 0.621. The number of hydrogen-bond donors (Lipinski definition) is 1. The number of benzene rings is 1. The molecule has 0 saturated heterocycles. The first kappa shape index (κ1) is 11.3. The molecule has 0 radical (unpaired) electrons. The van der Waals surface area contributed by atoms with Gasteiger partial charge in [-0.3, -0.25) is 0 Å². The van der Waals surface area contributed by atoms with Gasteiger partial charge >= 0.3 is 0 Å². The molecule has 0 atom stereocenters. The molecule has 18 heavy (non-hydrogen) atoms. The first-order valence-corrected chi connectivity index (χ1v) is 6.47. The van der Waals surface area contributed by atoms with Crippen LogP contribution in [-0.4, -0.2) is 9.55 Å². The van der Waals surface area contributed by atoms with Gasteiger partial charge in [-0.15, -0.1) is 0 Å². The van der Waals surface area contributed by atoms with Crippen LogP contribution in [-0.2, 0) is 7.05 Å². The van der Waals surface area contributed by atoms with E-state index in [-0.39, 0.29) is 0 Å². The van der Waals surface area contributed by atoms with E-state index < -0.39 is 0 Å². The number of rotatable bonds is 2. The van der Waals surface area contributed by atoms with Crippen molar-refractivity contribution >= 4 is 5.82 Å². The van der Waals surface area contributed by atoms with Crippen LogP contribution in [0, 0.1) is 13.8 Å². The van der Waals surface area contributed by atoms with Crippen LogP contribution in [0.15, 0.2) is 18.2 Å². The summed E-state index contributed by atoms with van der Waals surface area (Å²) in [7, 11) is 2.02. The molecule has 94 valence electrons. The van der Waals surface area contributed by atoms with Gasteiger partial charge in [0.05, 0.1) is 0 Å². The van der Waals surface area contributed by atoms with Gasteiger partial charge in [0.1, 0.15) is 17.3 Å². The fraction of sp³-hybridized carbons (Fsp3) is 0.400. The van der Waals surface area contributed by atoms with Crippen LogP contribution < -0.4 is 5.73 Å². The van der Waals surface area contributed by atoms with Crippen molar-refractivity contribution in [1.82, 2.24) is 9.55 Å². The Morgan fingerprint density at radius 2 is 2.00 bits per heavy atom. The van der Waals surface area contributed by atoms with Gasteiger partial charge in [-0.05, 0) is 38.3 Å². The molecule has 1 saturated carbocycles. The number of hydrogen-bond acceptors (Lipinski definition) is 2. The SMILES string of the molecule is Cc1ccc(C)c(-c2nc(C3CC3)n(C)c2N)c1. The topological polar surface area (TPSA) is 43.8 Å². The van der Waals surface area contributed by atoms with E-state index >= 15 is 0 Å². The van der Waals surface area contributed by atoms with E-state index in [2.05, 4.69) is 36.6 Å². The van der Waals surface area contributed by atoms with Crippen LogP contribution in [0.25, 0.3) is 11.3 Å². The summed E-state index contributed by atoms with van der Waals surface area (Å²) in [5, 5.41) is 0. The quantitative estimate of drug-likeness (QED) is 0.877. The molecule has 1 aromatic carbocycles. The lowest BCUT2D eigenvalue weighted by atomic mass is 10.0. The van der Waals surface area contributed by atoms with Crippen LogP contribution >= 0.6 is 0 Å². The lowest BCUT2D eigenvalue weighted by molar-refractivity contribution is 0.807.